The van der Waals surface area contributed by atoms with Crippen LogP contribution in [0.2, 0.25) is 0 Å². The molecule has 1 heterocycles. The fourth-order valence-corrected chi connectivity index (χ4v) is 3.24. The van der Waals surface area contributed by atoms with Crippen LogP contribution in [0.3, 0.4) is 0 Å². The molecule has 1 saturated heterocycles. The van der Waals surface area contributed by atoms with Crippen LogP contribution in [-0.4, -0.2) is 62.8 Å². The Morgan fingerprint density at radius 1 is 1.19 bits per heavy atom. The molecule has 2 N–H and O–H groups in total. The first kappa shape index (κ1) is 23.2. The van der Waals surface area contributed by atoms with E-state index < -0.39 is 0 Å². The van der Waals surface area contributed by atoms with Crippen LogP contribution >= 0.6 is 24.0 Å². The number of nitrogens with one attached hydrogen (secondary N) is 2. The molecular formula is C20H35IN4O. The zero-order chi connectivity index (χ0) is 18.3. The van der Waals surface area contributed by atoms with Crippen LogP contribution in [0.4, 0.5) is 0 Å². The van der Waals surface area contributed by atoms with Gasteiger partial charge in [0.05, 0.1) is 13.2 Å². The van der Waals surface area contributed by atoms with E-state index in [1.54, 1.807) is 0 Å². The van der Waals surface area contributed by atoms with E-state index in [0.717, 1.165) is 51.8 Å². The maximum Gasteiger partial charge on any atom is 0.191 e. The van der Waals surface area contributed by atoms with Gasteiger partial charge < -0.3 is 15.4 Å². The largest absolute Gasteiger partial charge is 0.379 e. The summed E-state index contributed by atoms with van der Waals surface area (Å²) in [4.78, 5) is 6.83. The second-order valence-electron chi connectivity index (χ2n) is 7.44. The SMILES string of the molecule is CN=C(NCCc1ccc(C)cc1C)NCC(C)(C)N1CCOCC1.I. The van der Waals surface area contributed by atoms with Crippen molar-refractivity contribution < 1.29 is 4.74 Å². The number of hydrogen-bond donors (Lipinski definition) is 2. The zero-order valence-corrected chi connectivity index (χ0v) is 19.2. The van der Waals surface area contributed by atoms with Crippen molar-refractivity contribution in [3.63, 3.8) is 0 Å². The van der Waals surface area contributed by atoms with Gasteiger partial charge in [0.15, 0.2) is 5.96 Å². The van der Waals surface area contributed by atoms with Crippen molar-refractivity contribution >= 4 is 29.9 Å². The molecule has 148 valence electrons. The summed E-state index contributed by atoms with van der Waals surface area (Å²) in [6, 6.07) is 6.65. The first-order valence-corrected chi connectivity index (χ1v) is 9.26. The summed E-state index contributed by atoms with van der Waals surface area (Å²) in [6.07, 6.45) is 1.000. The van der Waals surface area contributed by atoms with E-state index in [0.29, 0.717) is 0 Å². The zero-order valence-electron chi connectivity index (χ0n) is 16.9. The highest BCUT2D eigenvalue weighted by atomic mass is 127. The summed E-state index contributed by atoms with van der Waals surface area (Å²) in [5.41, 5.74) is 4.15. The van der Waals surface area contributed by atoms with Crippen LogP contribution in [0.15, 0.2) is 23.2 Å². The average Bonchev–Trinajstić information content (AvgIpc) is 2.60. The molecular weight excluding hydrogens is 439 g/mol. The monoisotopic (exact) mass is 474 g/mol. The Hall–Kier alpha value is -0.860. The van der Waals surface area contributed by atoms with Crippen molar-refractivity contribution in [1.29, 1.82) is 0 Å². The number of aryl methyl sites for hydroxylation is 2. The van der Waals surface area contributed by atoms with Gasteiger partial charge in [0.25, 0.3) is 0 Å². The van der Waals surface area contributed by atoms with Gasteiger partial charge in [-0.25, -0.2) is 0 Å². The van der Waals surface area contributed by atoms with Gasteiger partial charge in [-0.2, -0.15) is 0 Å². The van der Waals surface area contributed by atoms with Crippen LogP contribution in [0, 0.1) is 13.8 Å². The number of rotatable bonds is 6. The van der Waals surface area contributed by atoms with Crippen molar-refractivity contribution in [2.24, 2.45) is 4.99 Å². The quantitative estimate of drug-likeness (QED) is 0.378. The molecule has 6 heteroatoms. The first-order chi connectivity index (χ1) is 11.9. The third-order valence-corrected chi connectivity index (χ3v) is 4.96. The Bertz CT molecular complexity index is 583. The van der Waals surface area contributed by atoms with Crippen molar-refractivity contribution in [1.82, 2.24) is 15.5 Å². The number of ether oxygens (including phenoxy) is 1. The summed E-state index contributed by atoms with van der Waals surface area (Å²) in [6.45, 7) is 14.2. The van der Waals surface area contributed by atoms with Crippen LogP contribution < -0.4 is 10.6 Å². The molecule has 0 atom stereocenters. The Labute approximate surface area is 176 Å². The van der Waals surface area contributed by atoms with Crippen molar-refractivity contribution in [2.45, 2.75) is 39.7 Å². The molecule has 0 aromatic heterocycles. The van der Waals surface area contributed by atoms with E-state index in [4.69, 9.17) is 4.74 Å². The highest BCUT2D eigenvalue weighted by molar-refractivity contribution is 14.0. The first-order valence-electron chi connectivity index (χ1n) is 9.26. The van der Waals surface area contributed by atoms with Gasteiger partial charge >= 0.3 is 0 Å². The summed E-state index contributed by atoms with van der Waals surface area (Å²) in [5.74, 6) is 0.867. The third kappa shape index (κ3) is 7.04. The molecule has 0 aliphatic carbocycles. The molecule has 0 unspecified atom stereocenters. The van der Waals surface area contributed by atoms with E-state index in [1.807, 2.05) is 7.05 Å². The molecule has 1 aliphatic heterocycles. The van der Waals surface area contributed by atoms with Crippen LogP contribution in [-0.2, 0) is 11.2 Å². The van der Waals surface area contributed by atoms with Crippen LogP contribution in [0.25, 0.3) is 0 Å². The van der Waals surface area contributed by atoms with Gasteiger partial charge in [-0.3, -0.25) is 9.89 Å². The van der Waals surface area contributed by atoms with Crippen molar-refractivity contribution in [3.8, 4) is 0 Å². The average molecular weight is 474 g/mol. The van der Waals surface area contributed by atoms with Gasteiger partial charge in [0.1, 0.15) is 0 Å². The molecule has 0 amide bonds. The summed E-state index contributed by atoms with van der Waals surface area (Å²) in [5, 5.41) is 6.90. The molecule has 1 aromatic carbocycles. The molecule has 1 fully saturated rings. The second kappa shape index (κ2) is 11.1. The lowest BCUT2D eigenvalue weighted by Crippen LogP contribution is -2.56. The van der Waals surface area contributed by atoms with E-state index >= 15 is 0 Å². The maximum absolute atomic E-state index is 5.46. The summed E-state index contributed by atoms with van der Waals surface area (Å²) in [7, 11) is 1.83. The number of aliphatic imine (C=N–C) groups is 1. The Kier molecular flexibility index (Phi) is 9.89. The number of nitrogens with zero attached hydrogens (tertiary/aromatic N) is 2. The van der Waals surface area contributed by atoms with Gasteiger partial charge in [-0.05, 0) is 45.2 Å². The molecule has 2 rings (SSSR count). The predicted molar refractivity (Wildman–Crippen MR) is 121 cm³/mol. The second-order valence-corrected chi connectivity index (χ2v) is 7.44. The number of halogens is 1. The van der Waals surface area contributed by atoms with Gasteiger partial charge in [-0.15, -0.1) is 24.0 Å². The fourth-order valence-electron chi connectivity index (χ4n) is 3.24. The number of guanidine groups is 1. The minimum atomic E-state index is 0. The Balaban J connectivity index is 0.00000338. The van der Waals surface area contributed by atoms with Gasteiger partial charge in [0.2, 0.25) is 0 Å². The van der Waals surface area contributed by atoms with E-state index in [9.17, 15) is 0 Å². The smallest absolute Gasteiger partial charge is 0.191 e. The van der Waals surface area contributed by atoms with Crippen LogP contribution in [0.5, 0.6) is 0 Å². The number of benzene rings is 1. The Morgan fingerprint density at radius 3 is 2.50 bits per heavy atom. The standard InChI is InChI=1S/C20H34N4O.HI/c1-16-6-7-18(17(2)14-16)8-9-22-19(21-5)23-15-20(3,4)24-10-12-25-13-11-24;/h6-7,14H,8-13,15H2,1-5H3,(H2,21,22,23);1H. The lowest BCUT2D eigenvalue weighted by atomic mass is 10.0. The molecule has 5 nitrogen and oxygen atoms in total. The molecule has 26 heavy (non-hydrogen) atoms. The third-order valence-electron chi connectivity index (χ3n) is 4.96. The molecule has 0 saturated carbocycles. The highest BCUT2D eigenvalue weighted by Crippen LogP contribution is 2.15. The number of morpholine rings is 1. The topological polar surface area (TPSA) is 48.9 Å². The molecule has 1 aliphatic rings. The highest BCUT2D eigenvalue weighted by Gasteiger charge is 2.28. The molecule has 0 bridgehead atoms. The van der Waals surface area contributed by atoms with E-state index in [2.05, 4.69) is 66.4 Å². The maximum atomic E-state index is 5.46. The van der Waals surface area contributed by atoms with Gasteiger partial charge in [-0.1, -0.05) is 23.8 Å². The summed E-state index contributed by atoms with van der Waals surface area (Å²) < 4.78 is 5.46. The number of hydrogen-bond acceptors (Lipinski definition) is 3. The minimum Gasteiger partial charge on any atom is -0.379 e. The van der Waals surface area contributed by atoms with E-state index in [1.165, 1.54) is 16.7 Å². The molecule has 0 radical (unpaired) electrons. The minimum absolute atomic E-state index is 0. The van der Waals surface area contributed by atoms with Crippen molar-refractivity contribution in [3.05, 3.63) is 34.9 Å². The lowest BCUT2D eigenvalue weighted by molar-refractivity contribution is -0.00833. The Morgan fingerprint density at radius 2 is 1.88 bits per heavy atom. The fraction of sp³-hybridized carbons (Fsp3) is 0.650. The molecule has 0 spiro atoms. The summed E-state index contributed by atoms with van der Waals surface area (Å²) >= 11 is 0. The normalized spacial score (nSPS) is 16.1. The lowest BCUT2D eigenvalue weighted by Gasteiger charge is -2.41. The predicted octanol–water partition coefficient (Wildman–Crippen LogP) is 2.74. The van der Waals surface area contributed by atoms with Crippen molar-refractivity contribution in [2.75, 3.05) is 46.4 Å². The van der Waals surface area contributed by atoms with Crippen LogP contribution in [0.1, 0.15) is 30.5 Å². The van der Waals surface area contributed by atoms with Gasteiger partial charge in [0, 0.05) is 38.8 Å². The van der Waals surface area contributed by atoms with E-state index in [-0.39, 0.29) is 29.5 Å². The molecule has 1 aromatic rings.